The number of guanidine groups is 1. The van der Waals surface area contributed by atoms with E-state index in [-0.39, 0.29) is 0 Å². The highest BCUT2D eigenvalue weighted by Gasteiger charge is 2.15. The number of rotatable bonds is 5. The summed E-state index contributed by atoms with van der Waals surface area (Å²) in [4.78, 5) is 9.14. The van der Waals surface area contributed by atoms with E-state index in [4.69, 9.17) is 0 Å². The molecule has 0 atom stereocenters. The van der Waals surface area contributed by atoms with Crippen molar-refractivity contribution in [2.45, 2.75) is 26.7 Å². The van der Waals surface area contributed by atoms with Crippen molar-refractivity contribution in [2.24, 2.45) is 4.99 Å². The molecule has 1 heterocycles. The number of nitrogens with one attached hydrogen (secondary N) is 1. The van der Waals surface area contributed by atoms with Crippen LogP contribution in [0.2, 0.25) is 0 Å². The summed E-state index contributed by atoms with van der Waals surface area (Å²) in [6.45, 7) is 9.55. The number of aryl methyl sites for hydroxylation is 1. The van der Waals surface area contributed by atoms with Crippen LogP contribution in [0, 0.1) is 6.92 Å². The van der Waals surface area contributed by atoms with Crippen LogP contribution >= 0.6 is 0 Å². The number of nitrogens with zero attached hydrogens (tertiary/aromatic N) is 3. The Bertz CT molecular complexity index is 464. The summed E-state index contributed by atoms with van der Waals surface area (Å²) in [5.41, 5.74) is 2.61. The second kappa shape index (κ2) is 7.91. The van der Waals surface area contributed by atoms with Gasteiger partial charge in [0.05, 0.1) is 0 Å². The Balaban J connectivity index is 1.85. The van der Waals surface area contributed by atoms with Crippen LogP contribution in [0.1, 0.15) is 25.3 Å². The Morgan fingerprint density at radius 2 is 2.10 bits per heavy atom. The summed E-state index contributed by atoms with van der Waals surface area (Å²) in [5.74, 6) is 1.05. The van der Waals surface area contributed by atoms with Crippen LogP contribution in [0.25, 0.3) is 0 Å². The fourth-order valence-corrected chi connectivity index (χ4v) is 2.86. The van der Waals surface area contributed by atoms with Gasteiger partial charge in [0.2, 0.25) is 0 Å². The van der Waals surface area contributed by atoms with Crippen LogP contribution < -0.4 is 10.2 Å². The smallest absolute Gasteiger partial charge is 0.193 e. The van der Waals surface area contributed by atoms with Gasteiger partial charge in [-0.3, -0.25) is 4.99 Å². The summed E-state index contributed by atoms with van der Waals surface area (Å²) in [6, 6.07) is 8.71. The fourth-order valence-electron chi connectivity index (χ4n) is 2.86. The minimum atomic E-state index is 0.922. The molecular formula is C17H28N4. The van der Waals surface area contributed by atoms with Gasteiger partial charge in [0.1, 0.15) is 0 Å². The number of hydrogen-bond donors (Lipinski definition) is 1. The lowest BCUT2D eigenvalue weighted by Crippen LogP contribution is -2.43. The number of benzene rings is 1. The van der Waals surface area contributed by atoms with Crippen molar-refractivity contribution in [3.63, 3.8) is 0 Å². The van der Waals surface area contributed by atoms with Gasteiger partial charge in [-0.2, -0.15) is 0 Å². The third-order valence-electron chi connectivity index (χ3n) is 4.03. The molecule has 0 radical (unpaired) electrons. The lowest BCUT2D eigenvalue weighted by Gasteiger charge is -2.26. The predicted octanol–water partition coefficient (Wildman–Crippen LogP) is 2.49. The highest BCUT2D eigenvalue weighted by atomic mass is 15.3. The molecule has 4 heteroatoms. The lowest BCUT2D eigenvalue weighted by atomic mass is 10.2. The second-order valence-electron chi connectivity index (χ2n) is 5.59. The van der Waals surface area contributed by atoms with Crippen molar-refractivity contribution in [3.8, 4) is 0 Å². The maximum Gasteiger partial charge on any atom is 0.193 e. The first-order valence-electron chi connectivity index (χ1n) is 8.01. The predicted molar refractivity (Wildman–Crippen MR) is 91.2 cm³/mol. The molecule has 1 aliphatic heterocycles. The van der Waals surface area contributed by atoms with Crippen molar-refractivity contribution in [1.29, 1.82) is 0 Å². The molecule has 0 unspecified atom stereocenters. The molecule has 0 bridgehead atoms. The molecule has 0 aliphatic carbocycles. The zero-order chi connectivity index (χ0) is 15.1. The maximum absolute atomic E-state index is 4.39. The first-order chi connectivity index (χ1) is 10.2. The van der Waals surface area contributed by atoms with E-state index in [9.17, 15) is 0 Å². The van der Waals surface area contributed by atoms with Gasteiger partial charge in [0, 0.05) is 45.5 Å². The van der Waals surface area contributed by atoms with Crippen LogP contribution in [0.3, 0.4) is 0 Å². The van der Waals surface area contributed by atoms with Crippen LogP contribution in [0.4, 0.5) is 5.69 Å². The Kier molecular flexibility index (Phi) is 5.90. The van der Waals surface area contributed by atoms with Gasteiger partial charge in [-0.1, -0.05) is 12.1 Å². The maximum atomic E-state index is 4.39. The minimum Gasteiger partial charge on any atom is -0.370 e. The van der Waals surface area contributed by atoms with Crippen molar-refractivity contribution in [1.82, 2.24) is 10.2 Å². The molecule has 116 valence electrons. The molecule has 4 nitrogen and oxygen atoms in total. The minimum absolute atomic E-state index is 0.922. The van der Waals surface area contributed by atoms with E-state index in [0.29, 0.717) is 0 Å². The Labute approximate surface area is 128 Å². The van der Waals surface area contributed by atoms with E-state index in [2.05, 4.69) is 58.2 Å². The SMILES string of the molecule is CCN(CCNC(=NC)N1CCCC1)c1cccc(C)c1. The standard InChI is InChI=1S/C17H28N4/c1-4-20(16-9-7-8-15(2)14-16)13-10-19-17(18-3)21-11-5-6-12-21/h7-9,14H,4-6,10-13H2,1-3H3,(H,18,19). The largest absolute Gasteiger partial charge is 0.370 e. The van der Waals surface area contributed by atoms with Crippen LogP contribution in [0.15, 0.2) is 29.3 Å². The van der Waals surface area contributed by atoms with Crippen molar-refractivity contribution < 1.29 is 0 Å². The molecule has 2 rings (SSSR count). The normalized spacial score (nSPS) is 15.4. The van der Waals surface area contributed by atoms with Crippen molar-refractivity contribution in [2.75, 3.05) is 44.7 Å². The van der Waals surface area contributed by atoms with E-state index in [1.165, 1.54) is 24.1 Å². The quantitative estimate of drug-likeness (QED) is 0.667. The number of likely N-dealkylation sites (tertiary alicyclic amines) is 1. The average molecular weight is 288 g/mol. The topological polar surface area (TPSA) is 30.9 Å². The number of anilines is 1. The summed E-state index contributed by atoms with van der Waals surface area (Å²) < 4.78 is 0. The molecule has 0 saturated carbocycles. The molecule has 1 saturated heterocycles. The zero-order valence-corrected chi connectivity index (χ0v) is 13.6. The zero-order valence-electron chi connectivity index (χ0n) is 13.6. The molecule has 1 fully saturated rings. The second-order valence-corrected chi connectivity index (χ2v) is 5.59. The third-order valence-corrected chi connectivity index (χ3v) is 4.03. The highest BCUT2D eigenvalue weighted by Crippen LogP contribution is 2.15. The number of hydrogen-bond acceptors (Lipinski definition) is 2. The van der Waals surface area contributed by atoms with E-state index in [0.717, 1.165) is 38.7 Å². The molecule has 0 aromatic heterocycles. The Morgan fingerprint density at radius 1 is 1.33 bits per heavy atom. The van der Waals surface area contributed by atoms with Gasteiger partial charge in [-0.05, 0) is 44.4 Å². The average Bonchev–Trinajstić information content (AvgIpc) is 3.01. The van der Waals surface area contributed by atoms with E-state index < -0.39 is 0 Å². The Morgan fingerprint density at radius 3 is 2.71 bits per heavy atom. The molecule has 1 aromatic rings. The van der Waals surface area contributed by atoms with Gasteiger partial charge < -0.3 is 15.1 Å². The summed E-state index contributed by atoms with van der Waals surface area (Å²) >= 11 is 0. The van der Waals surface area contributed by atoms with Crippen LogP contribution in [0.5, 0.6) is 0 Å². The lowest BCUT2D eigenvalue weighted by molar-refractivity contribution is 0.494. The third kappa shape index (κ3) is 4.38. The highest BCUT2D eigenvalue weighted by molar-refractivity contribution is 5.80. The van der Waals surface area contributed by atoms with Crippen LogP contribution in [-0.4, -0.2) is 50.6 Å². The molecule has 21 heavy (non-hydrogen) atoms. The summed E-state index contributed by atoms with van der Waals surface area (Å²) in [7, 11) is 1.87. The van der Waals surface area contributed by atoms with E-state index in [1.807, 2.05) is 7.05 Å². The van der Waals surface area contributed by atoms with Gasteiger partial charge in [-0.15, -0.1) is 0 Å². The van der Waals surface area contributed by atoms with E-state index >= 15 is 0 Å². The van der Waals surface area contributed by atoms with Crippen LogP contribution in [-0.2, 0) is 0 Å². The first-order valence-corrected chi connectivity index (χ1v) is 8.01. The van der Waals surface area contributed by atoms with Crippen molar-refractivity contribution >= 4 is 11.6 Å². The molecule has 0 spiro atoms. The molecule has 0 amide bonds. The van der Waals surface area contributed by atoms with Gasteiger partial charge in [0.15, 0.2) is 5.96 Å². The molecule has 1 N–H and O–H groups in total. The van der Waals surface area contributed by atoms with Gasteiger partial charge in [0.25, 0.3) is 0 Å². The number of aliphatic imine (C=N–C) groups is 1. The summed E-state index contributed by atoms with van der Waals surface area (Å²) in [5, 5.41) is 3.49. The fraction of sp³-hybridized carbons (Fsp3) is 0.588. The van der Waals surface area contributed by atoms with Crippen molar-refractivity contribution in [3.05, 3.63) is 29.8 Å². The monoisotopic (exact) mass is 288 g/mol. The van der Waals surface area contributed by atoms with Gasteiger partial charge in [-0.25, -0.2) is 0 Å². The summed E-state index contributed by atoms with van der Waals surface area (Å²) in [6.07, 6.45) is 2.57. The molecular weight excluding hydrogens is 260 g/mol. The Hall–Kier alpha value is -1.71. The first kappa shape index (κ1) is 15.7. The van der Waals surface area contributed by atoms with E-state index in [1.54, 1.807) is 0 Å². The molecule has 1 aromatic carbocycles. The number of likely N-dealkylation sites (N-methyl/N-ethyl adjacent to an activating group) is 1. The van der Waals surface area contributed by atoms with Gasteiger partial charge >= 0.3 is 0 Å². The molecule has 1 aliphatic rings.